The molecular weight excluding hydrogens is 426 g/mol. The average Bonchev–Trinajstić information content (AvgIpc) is 2.70. The molecule has 1 heterocycles. The molecule has 164 valence electrons. The van der Waals surface area contributed by atoms with Crippen LogP contribution in [0.1, 0.15) is 16.7 Å². The van der Waals surface area contributed by atoms with E-state index in [0.717, 1.165) is 19.2 Å². The van der Waals surface area contributed by atoms with Crippen molar-refractivity contribution in [3.63, 3.8) is 0 Å². The number of aliphatic hydroxyl groups excluding tert-OH is 4. The molecule has 1 aliphatic rings. The van der Waals surface area contributed by atoms with Gasteiger partial charge in [0.1, 0.15) is 24.4 Å². The van der Waals surface area contributed by atoms with Gasteiger partial charge in [-0.1, -0.05) is 17.7 Å². The summed E-state index contributed by atoms with van der Waals surface area (Å²) < 4.78 is 37.9. The molecular formula is C20H21ClF2O7. The predicted molar refractivity (Wildman–Crippen MR) is 101 cm³/mol. The molecule has 0 amide bonds. The third-order valence-electron chi connectivity index (χ3n) is 5.08. The number of benzene rings is 2. The molecule has 2 aromatic carbocycles. The lowest BCUT2D eigenvalue weighted by Crippen LogP contribution is -2.63. The maximum Gasteiger partial charge on any atom is 0.222 e. The summed E-state index contributed by atoms with van der Waals surface area (Å²) in [5, 5.41) is 50.7. The van der Waals surface area contributed by atoms with Gasteiger partial charge in [-0.2, -0.15) is 0 Å². The first kappa shape index (κ1) is 22.8. The molecule has 10 heteroatoms. The number of hydrogen-bond acceptors (Lipinski definition) is 7. The van der Waals surface area contributed by atoms with Crippen molar-refractivity contribution in [2.45, 2.75) is 36.6 Å². The molecule has 0 unspecified atom stereocenters. The maximum absolute atomic E-state index is 14.0. The van der Waals surface area contributed by atoms with Gasteiger partial charge in [-0.3, -0.25) is 0 Å². The second kappa shape index (κ2) is 8.72. The van der Waals surface area contributed by atoms with Crippen molar-refractivity contribution in [1.29, 1.82) is 0 Å². The van der Waals surface area contributed by atoms with E-state index in [0.29, 0.717) is 5.56 Å². The molecule has 0 bridgehead atoms. The van der Waals surface area contributed by atoms with E-state index in [1.807, 2.05) is 0 Å². The van der Waals surface area contributed by atoms with E-state index in [2.05, 4.69) is 4.74 Å². The first-order valence-electron chi connectivity index (χ1n) is 8.98. The van der Waals surface area contributed by atoms with Gasteiger partial charge in [0.2, 0.25) is 5.79 Å². The van der Waals surface area contributed by atoms with Gasteiger partial charge in [-0.05, 0) is 41.8 Å². The number of ether oxygens (including phenoxy) is 2. The monoisotopic (exact) mass is 446 g/mol. The topological polar surface area (TPSA) is 120 Å². The lowest BCUT2D eigenvalue weighted by molar-refractivity contribution is -0.357. The normalized spacial score (nSPS) is 29.1. The van der Waals surface area contributed by atoms with Gasteiger partial charge in [0.05, 0.1) is 13.7 Å². The number of rotatable bonds is 5. The molecule has 5 N–H and O–H groups in total. The van der Waals surface area contributed by atoms with Crippen LogP contribution in [0.5, 0.6) is 5.75 Å². The summed E-state index contributed by atoms with van der Waals surface area (Å²) in [7, 11) is 1.14. The van der Waals surface area contributed by atoms with Crippen LogP contribution in [-0.4, -0.2) is 63.7 Å². The quantitative estimate of drug-likeness (QED) is 0.461. The molecule has 3 rings (SSSR count). The summed E-state index contributed by atoms with van der Waals surface area (Å²) in [4.78, 5) is 0. The van der Waals surface area contributed by atoms with Crippen molar-refractivity contribution in [3.05, 3.63) is 63.7 Å². The minimum Gasteiger partial charge on any atom is -0.491 e. The van der Waals surface area contributed by atoms with Gasteiger partial charge in [0, 0.05) is 10.6 Å². The van der Waals surface area contributed by atoms with Gasteiger partial charge in [0.15, 0.2) is 17.4 Å². The molecule has 0 aromatic heterocycles. The summed E-state index contributed by atoms with van der Waals surface area (Å²) >= 11 is 6.19. The summed E-state index contributed by atoms with van der Waals surface area (Å²) in [6.07, 6.45) is -6.77. The lowest BCUT2D eigenvalue weighted by atomic mass is 9.87. The molecule has 0 radical (unpaired) electrons. The number of hydrogen-bond donors (Lipinski definition) is 5. The highest BCUT2D eigenvalue weighted by Gasteiger charge is 2.53. The fraction of sp³-hybridized carbons (Fsp3) is 0.400. The summed E-state index contributed by atoms with van der Waals surface area (Å²) in [5.74, 6) is -4.78. The van der Waals surface area contributed by atoms with E-state index in [1.165, 1.54) is 18.2 Å². The molecule has 30 heavy (non-hydrogen) atoms. The molecule has 7 nitrogen and oxygen atoms in total. The van der Waals surface area contributed by atoms with E-state index in [9.17, 15) is 34.3 Å². The highest BCUT2D eigenvalue weighted by Crippen LogP contribution is 2.38. The molecule has 5 atom stereocenters. The van der Waals surface area contributed by atoms with Crippen LogP contribution >= 0.6 is 11.6 Å². The van der Waals surface area contributed by atoms with Gasteiger partial charge < -0.3 is 35.0 Å². The third kappa shape index (κ3) is 4.02. The van der Waals surface area contributed by atoms with Crippen molar-refractivity contribution in [2.75, 3.05) is 13.7 Å². The van der Waals surface area contributed by atoms with Gasteiger partial charge in [-0.15, -0.1) is 0 Å². The molecule has 0 spiro atoms. The summed E-state index contributed by atoms with van der Waals surface area (Å²) in [6, 6.07) is 6.19. The van der Waals surface area contributed by atoms with Crippen LogP contribution in [0.3, 0.4) is 0 Å². The van der Waals surface area contributed by atoms with Crippen LogP contribution in [-0.2, 0) is 16.9 Å². The Morgan fingerprint density at radius 1 is 1.10 bits per heavy atom. The Morgan fingerprint density at radius 2 is 1.73 bits per heavy atom. The third-order valence-corrected chi connectivity index (χ3v) is 5.45. The number of methoxy groups -OCH3 is 1. The highest BCUT2D eigenvalue weighted by atomic mass is 35.5. The van der Waals surface area contributed by atoms with Crippen LogP contribution in [0.15, 0.2) is 30.3 Å². The minimum absolute atomic E-state index is 0.0340. The standard InChI is InChI=1S/C20H21ClF2O7/c1-29-18-13(22)5-9(6-14(18)23)4-10-7-11(2-3-12(10)21)20(28)19(27)17(26)16(25)15(8-24)30-20/h2-3,5-7,15-17,19,24-28H,4,8H2,1H3/t15-,16-,17+,19-,20-/m1/s1. The summed E-state index contributed by atoms with van der Waals surface area (Å²) in [6.45, 7) is -0.724. The van der Waals surface area contributed by atoms with E-state index in [1.54, 1.807) is 0 Å². The van der Waals surface area contributed by atoms with E-state index in [4.69, 9.17) is 16.3 Å². The second-order valence-corrected chi connectivity index (χ2v) is 7.44. The molecule has 1 saturated heterocycles. The minimum atomic E-state index is -2.47. The molecule has 1 aliphatic heterocycles. The zero-order chi connectivity index (χ0) is 22.2. The number of aliphatic hydroxyl groups is 5. The first-order chi connectivity index (χ1) is 14.1. The maximum atomic E-state index is 14.0. The zero-order valence-electron chi connectivity index (χ0n) is 15.8. The van der Waals surface area contributed by atoms with E-state index < -0.39 is 54.2 Å². The Kier molecular flexibility index (Phi) is 6.63. The smallest absolute Gasteiger partial charge is 0.222 e. The Balaban J connectivity index is 1.97. The lowest BCUT2D eigenvalue weighted by Gasteiger charge is -2.45. The van der Waals surface area contributed by atoms with Gasteiger partial charge >= 0.3 is 0 Å². The van der Waals surface area contributed by atoms with Crippen LogP contribution in [0, 0.1) is 11.6 Å². The van der Waals surface area contributed by atoms with Gasteiger partial charge in [-0.25, -0.2) is 8.78 Å². The van der Waals surface area contributed by atoms with Crippen LogP contribution in [0.2, 0.25) is 5.02 Å². The Bertz CT molecular complexity index is 903. The van der Waals surface area contributed by atoms with Crippen molar-refractivity contribution >= 4 is 11.6 Å². The molecule has 2 aromatic rings. The molecule has 1 fully saturated rings. The van der Waals surface area contributed by atoms with Crippen molar-refractivity contribution in [3.8, 4) is 5.75 Å². The first-order valence-corrected chi connectivity index (χ1v) is 9.36. The molecule has 0 saturated carbocycles. The van der Waals surface area contributed by atoms with Crippen molar-refractivity contribution in [2.24, 2.45) is 0 Å². The zero-order valence-corrected chi connectivity index (χ0v) is 16.6. The largest absolute Gasteiger partial charge is 0.491 e. The van der Waals surface area contributed by atoms with E-state index >= 15 is 0 Å². The van der Waals surface area contributed by atoms with Crippen LogP contribution < -0.4 is 4.74 Å². The fourth-order valence-corrected chi connectivity index (χ4v) is 3.64. The van der Waals surface area contributed by atoms with Crippen molar-refractivity contribution < 1.29 is 43.8 Å². The van der Waals surface area contributed by atoms with E-state index in [-0.39, 0.29) is 22.6 Å². The second-order valence-electron chi connectivity index (χ2n) is 7.04. The van der Waals surface area contributed by atoms with Crippen molar-refractivity contribution in [1.82, 2.24) is 0 Å². The van der Waals surface area contributed by atoms with Gasteiger partial charge in [0.25, 0.3) is 0 Å². The fourth-order valence-electron chi connectivity index (χ4n) is 3.45. The Morgan fingerprint density at radius 3 is 2.30 bits per heavy atom. The van der Waals surface area contributed by atoms with Crippen LogP contribution in [0.4, 0.5) is 8.78 Å². The highest BCUT2D eigenvalue weighted by molar-refractivity contribution is 6.31. The average molecular weight is 447 g/mol. The molecule has 0 aliphatic carbocycles. The Labute approximate surface area is 175 Å². The SMILES string of the molecule is COc1c(F)cc(Cc2cc([C@@]3(O)O[C@H](CO)[C@@H](O)[C@H](O)[C@H]3O)ccc2Cl)cc1F. The summed E-state index contributed by atoms with van der Waals surface area (Å²) in [5.41, 5.74) is 0.530. The Hall–Kier alpha value is -1.85. The number of halogens is 3. The predicted octanol–water partition coefficient (Wildman–Crippen LogP) is 0.836. The van der Waals surface area contributed by atoms with Crippen LogP contribution in [0.25, 0.3) is 0 Å².